The average molecular weight is 408 g/mol. The fraction of sp³-hybridized carbons (Fsp3) is 0.348. The lowest BCUT2D eigenvalue weighted by molar-refractivity contribution is -0.130. The van der Waals surface area contributed by atoms with Crippen molar-refractivity contribution in [1.29, 1.82) is 0 Å². The quantitative estimate of drug-likeness (QED) is 0.434. The summed E-state index contributed by atoms with van der Waals surface area (Å²) < 4.78 is 1.80. The van der Waals surface area contributed by atoms with Gasteiger partial charge in [0.05, 0.1) is 16.2 Å². The molecule has 1 aliphatic carbocycles. The smallest absolute Gasteiger partial charge is 0.262 e. The molecule has 0 N–H and O–H groups in total. The van der Waals surface area contributed by atoms with Crippen molar-refractivity contribution in [1.82, 2.24) is 14.5 Å². The van der Waals surface area contributed by atoms with E-state index in [0.29, 0.717) is 29.1 Å². The number of carbonyl (C=O) groups is 1. The highest BCUT2D eigenvalue weighted by atomic mass is 32.2. The number of para-hydroxylation sites is 1. The van der Waals surface area contributed by atoms with E-state index in [1.54, 1.807) is 4.57 Å². The van der Waals surface area contributed by atoms with Crippen molar-refractivity contribution in [3.8, 4) is 0 Å². The average Bonchev–Trinajstić information content (AvgIpc) is 3.57. The molecule has 1 heterocycles. The summed E-state index contributed by atoms with van der Waals surface area (Å²) in [5.74, 6) is 0.0612. The van der Waals surface area contributed by atoms with Crippen molar-refractivity contribution < 1.29 is 4.79 Å². The number of fused-ring (bicyclic) bond motifs is 1. The monoisotopic (exact) mass is 407 g/mol. The third kappa shape index (κ3) is 4.22. The second-order valence-electron chi connectivity index (χ2n) is 7.42. The zero-order valence-electron chi connectivity index (χ0n) is 16.7. The van der Waals surface area contributed by atoms with Crippen molar-refractivity contribution in [2.45, 2.75) is 49.7 Å². The van der Waals surface area contributed by atoms with Gasteiger partial charge in [0, 0.05) is 19.1 Å². The van der Waals surface area contributed by atoms with Crippen molar-refractivity contribution in [3.63, 3.8) is 0 Å². The summed E-state index contributed by atoms with van der Waals surface area (Å²) in [6.45, 7) is 5.12. The molecule has 1 fully saturated rings. The minimum absolute atomic E-state index is 0.00289. The van der Waals surface area contributed by atoms with Crippen molar-refractivity contribution >= 4 is 28.6 Å². The summed E-state index contributed by atoms with van der Waals surface area (Å²) in [7, 11) is 0. The first-order valence-corrected chi connectivity index (χ1v) is 11.0. The summed E-state index contributed by atoms with van der Waals surface area (Å²) in [6, 6.07) is 17.6. The highest BCUT2D eigenvalue weighted by Crippen LogP contribution is 2.37. The molecule has 1 aliphatic rings. The van der Waals surface area contributed by atoms with Gasteiger partial charge in [-0.2, -0.15) is 0 Å². The van der Waals surface area contributed by atoms with Gasteiger partial charge in [-0.05, 0) is 44.4 Å². The third-order valence-corrected chi connectivity index (χ3v) is 6.28. The van der Waals surface area contributed by atoms with E-state index in [-0.39, 0.29) is 22.8 Å². The maximum Gasteiger partial charge on any atom is 0.262 e. The minimum atomic E-state index is -0.322. The molecular formula is C23H25N3O2S. The predicted octanol–water partition coefficient (Wildman–Crippen LogP) is 4.26. The fourth-order valence-corrected chi connectivity index (χ4v) is 4.54. The van der Waals surface area contributed by atoms with Crippen LogP contribution >= 0.6 is 11.8 Å². The number of aromatic nitrogens is 2. The van der Waals surface area contributed by atoms with Gasteiger partial charge >= 0.3 is 0 Å². The Kier molecular flexibility index (Phi) is 5.72. The number of benzene rings is 2. The van der Waals surface area contributed by atoms with E-state index >= 15 is 0 Å². The Labute approximate surface area is 174 Å². The number of nitrogens with zero attached hydrogens (tertiary/aromatic N) is 3. The second-order valence-corrected chi connectivity index (χ2v) is 8.72. The van der Waals surface area contributed by atoms with Crippen LogP contribution in [0.1, 0.15) is 38.3 Å². The Morgan fingerprint density at radius 2 is 1.86 bits per heavy atom. The predicted molar refractivity (Wildman–Crippen MR) is 117 cm³/mol. The van der Waals surface area contributed by atoms with Crippen molar-refractivity contribution in [2.75, 3.05) is 6.54 Å². The van der Waals surface area contributed by atoms with Crippen LogP contribution in [-0.2, 0) is 11.3 Å². The van der Waals surface area contributed by atoms with E-state index in [9.17, 15) is 9.59 Å². The number of hydrogen-bond acceptors (Lipinski definition) is 4. The summed E-state index contributed by atoms with van der Waals surface area (Å²) in [4.78, 5) is 32.7. The van der Waals surface area contributed by atoms with E-state index in [2.05, 4.69) is 0 Å². The van der Waals surface area contributed by atoms with E-state index in [1.165, 1.54) is 11.8 Å². The Hall–Kier alpha value is -2.60. The van der Waals surface area contributed by atoms with Crippen LogP contribution in [0.3, 0.4) is 0 Å². The summed E-state index contributed by atoms with van der Waals surface area (Å²) >= 11 is 1.39. The minimum Gasteiger partial charge on any atom is -0.338 e. The summed E-state index contributed by atoms with van der Waals surface area (Å²) in [5, 5.41) is 0.964. The zero-order valence-corrected chi connectivity index (χ0v) is 17.6. The summed E-state index contributed by atoms with van der Waals surface area (Å²) in [6.07, 6.45) is 1.98. The molecule has 150 valence electrons. The molecule has 29 heavy (non-hydrogen) atoms. The molecule has 0 spiro atoms. The first-order chi connectivity index (χ1) is 14.1. The zero-order chi connectivity index (χ0) is 20.4. The van der Waals surface area contributed by atoms with Gasteiger partial charge in [0.1, 0.15) is 0 Å². The normalized spacial score (nSPS) is 14.7. The lowest BCUT2D eigenvalue weighted by Crippen LogP contribution is -2.36. The maximum atomic E-state index is 13.1. The number of thioether (sulfide) groups is 1. The molecule has 2 aromatic carbocycles. The Morgan fingerprint density at radius 1 is 1.17 bits per heavy atom. The molecule has 4 rings (SSSR count). The molecule has 1 amide bonds. The molecule has 6 heteroatoms. The molecule has 0 aliphatic heterocycles. The van der Waals surface area contributed by atoms with Crippen LogP contribution in [0.15, 0.2) is 64.5 Å². The molecule has 1 saturated carbocycles. The van der Waals surface area contributed by atoms with Gasteiger partial charge in [0.2, 0.25) is 5.91 Å². The van der Waals surface area contributed by atoms with Crippen LogP contribution in [0.2, 0.25) is 0 Å². The molecular weight excluding hydrogens is 382 g/mol. The second kappa shape index (κ2) is 8.41. The molecule has 1 aromatic heterocycles. The number of amides is 1. The van der Waals surface area contributed by atoms with Crippen molar-refractivity contribution in [3.05, 3.63) is 70.5 Å². The first kappa shape index (κ1) is 19.7. The number of rotatable bonds is 7. The molecule has 1 atom stereocenters. The SMILES string of the molecule is CCN(Cc1ccccc1)C(=O)C(C)Sc1nc2ccccc2c(=O)n1C1CC1. The molecule has 5 nitrogen and oxygen atoms in total. The number of hydrogen-bond donors (Lipinski definition) is 0. The molecule has 1 unspecified atom stereocenters. The van der Waals surface area contributed by atoms with E-state index < -0.39 is 0 Å². The van der Waals surface area contributed by atoms with Gasteiger partial charge in [-0.15, -0.1) is 0 Å². The molecule has 0 radical (unpaired) electrons. The Balaban J connectivity index is 1.59. The van der Waals surface area contributed by atoms with E-state index in [4.69, 9.17) is 4.98 Å². The summed E-state index contributed by atoms with van der Waals surface area (Å²) in [5.41, 5.74) is 1.80. The van der Waals surface area contributed by atoms with Gasteiger partial charge in [0.15, 0.2) is 5.16 Å². The standard InChI is InChI=1S/C23H25N3O2S/c1-3-25(15-17-9-5-4-6-10-17)21(27)16(2)29-23-24-20-12-8-7-11-19(20)22(28)26(23)18-13-14-18/h4-12,16,18H,3,13-15H2,1-2H3. The third-order valence-electron chi connectivity index (χ3n) is 5.23. The van der Waals surface area contributed by atoms with Gasteiger partial charge in [-0.25, -0.2) is 4.98 Å². The highest BCUT2D eigenvalue weighted by molar-refractivity contribution is 8.00. The number of carbonyl (C=O) groups excluding carboxylic acids is 1. The van der Waals surface area contributed by atoms with Crippen LogP contribution in [0.25, 0.3) is 10.9 Å². The molecule has 0 saturated heterocycles. The lowest BCUT2D eigenvalue weighted by Gasteiger charge is -2.24. The van der Waals surface area contributed by atoms with Gasteiger partial charge in [-0.1, -0.05) is 54.2 Å². The van der Waals surface area contributed by atoms with Crippen LogP contribution in [0, 0.1) is 0 Å². The first-order valence-electron chi connectivity index (χ1n) is 10.1. The van der Waals surface area contributed by atoms with Crippen molar-refractivity contribution in [2.24, 2.45) is 0 Å². The largest absolute Gasteiger partial charge is 0.338 e. The van der Waals surface area contributed by atoms with Gasteiger partial charge in [-0.3, -0.25) is 14.2 Å². The Bertz CT molecular complexity index is 1080. The molecule has 0 bridgehead atoms. The van der Waals surface area contributed by atoms with Gasteiger partial charge < -0.3 is 4.90 Å². The Morgan fingerprint density at radius 3 is 2.55 bits per heavy atom. The van der Waals surface area contributed by atoms with Crippen LogP contribution in [0.4, 0.5) is 0 Å². The highest BCUT2D eigenvalue weighted by Gasteiger charge is 2.30. The van der Waals surface area contributed by atoms with E-state index in [1.807, 2.05) is 73.3 Å². The lowest BCUT2D eigenvalue weighted by atomic mass is 10.2. The van der Waals surface area contributed by atoms with Crippen LogP contribution in [0.5, 0.6) is 0 Å². The van der Waals surface area contributed by atoms with Crippen LogP contribution in [-0.4, -0.2) is 32.2 Å². The maximum absolute atomic E-state index is 13.1. The van der Waals surface area contributed by atoms with Gasteiger partial charge in [0.25, 0.3) is 5.56 Å². The van der Waals surface area contributed by atoms with E-state index in [0.717, 1.165) is 18.4 Å². The van der Waals surface area contributed by atoms with Crippen LogP contribution < -0.4 is 5.56 Å². The fourth-order valence-electron chi connectivity index (χ4n) is 3.48. The topological polar surface area (TPSA) is 55.2 Å². The molecule has 3 aromatic rings.